The number of aromatic nitrogens is 4. The Labute approximate surface area is 389 Å². The molecule has 4 heteroatoms. The zero-order valence-corrected chi connectivity index (χ0v) is 36.5. The molecule has 3 heterocycles. The van der Waals surface area contributed by atoms with E-state index in [9.17, 15) is 0 Å². The normalized spacial score (nSPS) is 11.3. The lowest BCUT2D eigenvalue weighted by Crippen LogP contribution is -2.00. The summed E-state index contributed by atoms with van der Waals surface area (Å²) < 4.78 is 2.20. The molecule has 0 spiro atoms. The first-order chi connectivity index (χ1) is 33.2. The maximum absolute atomic E-state index is 5.60. The molecule has 0 unspecified atom stereocenters. The Kier molecular flexibility index (Phi) is 10.2. The lowest BCUT2D eigenvalue weighted by Gasteiger charge is -2.18. The summed E-state index contributed by atoms with van der Waals surface area (Å²) in [6.45, 7) is 0. The van der Waals surface area contributed by atoms with Crippen LogP contribution in [0.4, 0.5) is 0 Å². The van der Waals surface area contributed by atoms with Crippen molar-refractivity contribution in [2.24, 2.45) is 0 Å². The Hall–Kier alpha value is -8.99. The van der Waals surface area contributed by atoms with Crippen molar-refractivity contribution in [1.29, 1.82) is 0 Å². The number of fused-ring (bicyclic) bond motifs is 3. The van der Waals surface area contributed by atoms with Crippen molar-refractivity contribution < 1.29 is 0 Å². The fourth-order valence-electron chi connectivity index (χ4n) is 9.46. The van der Waals surface area contributed by atoms with Gasteiger partial charge in [0.05, 0.1) is 22.6 Å². The van der Waals surface area contributed by atoms with Gasteiger partial charge in [-0.25, -0.2) is 14.5 Å². The molecule has 3 aromatic heterocycles. The molecule has 0 radical (unpaired) electrons. The molecule has 12 rings (SSSR count). The Balaban J connectivity index is 1.11. The fraction of sp³-hybridized carbons (Fsp3) is 0. The third kappa shape index (κ3) is 7.47. The first-order valence-electron chi connectivity index (χ1n) is 22.7. The quantitative estimate of drug-likeness (QED) is 0.145. The minimum Gasteiger partial charge on any atom is -0.231 e. The molecule has 0 amide bonds. The van der Waals surface area contributed by atoms with E-state index in [0.717, 1.165) is 111 Å². The van der Waals surface area contributed by atoms with Crippen LogP contribution in [0.25, 0.3) is 117 Å². The standard InChI is InChI=1S/C63H42N4/c1-7-22-43(23-8-1)51-39-52(44-24-9-2-10-25-44)41-53(40-51)57-42-56(64-63(65-57)48-32-17-6-18-33-48)49-34-21-35-50(38-49)58-54-36-19-20-37-55(54)62-59(45-26-11-3-12-27-45)60(46-28-13-4-14-29-46)66-67(62)61(58)47-30-15-5-16-31-47/h1-42H. The van der Waals surface area contributed by atoms with Gasteiger partial charge in [0.2, 0.25) is 0 Å². The number of pyridine rings is 1. The lowest BCUT2D eigenvalue weighted by molar-refractivity contribution is 0.981. The van der Waals surface area contributed by atoms with Crippen LogP contribution in [0.1, 0.15) is 0 Å². The van der Waals surface area contributed by atoms with Gasteiger partial charge < -0.3 is 0 Å². The molecule has 12 aromatic rings. The molecule has 4 nitrogen and oxygen atoms in total. The van der Waals surface area contributed by atoms with E-state index < -0.39 is 0 Å². The molecule has 9 aromatic carbocycles. The van der Waals surface area contributed by atoms with Gasteiger partial charge in [-0.1, -0.05) is 224 Å². The Bertz CT molecular complexity index is 3640. The Morgan fingerprint density at radius 3 is 1.27 bits per heavy atom. The molecule has 0 fully saturated rings. The molecule has 0 saturated carbocycles. The zero-order valence-electron chi connectivity index (χ0n) is 36.5. The van der Waals surface area contributed by atoms with Crippen LogP contribution in [0.2, 0.25) is 0 Å². The molecular formula is C63H42N4. The summed E-state index contributed by atoms with van der Waals surface area (Å²) in [5.41, 5.74) is 18.7. The van der Waals surface area contributed by atoms with Crippen molar-refractivity contribution in [3.63, 3.8) is 0 Å². The van der Waals surface area contributed by atoms with Crippen LogP contribution in [0.5, 0.6) is 0 Å². The lowest BCUT2D eigenvalue weighted by atomic mass is 9.90. The summed E-state index contributed by atoms with van der Waals surface area (Å²) in [6, 6.07) is 89.9. The predicted octanol–water partition coefficient (Wildman–Crippen LogP) is 16.3. The van der Waals surface area contributed by atoms with E-state index in [4.69, 9.17) is 15.1 Å². The van der Waals surface area contributed by atoms with Crippen LogP contribution in [0.15, 0.2) is 255 Å². The molecule has 0 bridgehead atoms. The van der Waals surface area contributed by atoms with Crippen LogP contribution >= 0.6 is 0 Å². The van der Waals surface area contributed by atoms with Crippen molar-refractivity contribution >= 4 is 16.3 Å². The monoisotopic (exact) mass is 854 g/mol. The van der Waals surface area contributed by atoms with Gasteiger partial charge in [0.25, 0.3) is 0 Å². The zero-order chi connectivity index (χ0) is 44.5. The number of rotatable bonds is 9. The Morgan fingerprint density at radius 1 is 0.269 bits per heavy atom. The first kappa shape index (κ1) is 39.6. The minimum atomic E-state index is 0.667. The summed E-state index contributed by atoms with van der Waals surface area (Å²) in [5, 5.41) is 7.86. The van der Waals surface area contributed by atoms with Crippen LogP contribution < -0.4 is 0 Å². The number of benzene rings is 9. The second kappa shape index (κ2) is 17.2. The summed E-state index contributed by atoms with van der Waals surface area (Å²) in [7, 11) is 0. The van der Waals surface area contributed by atoms with E-state index >= 15 is 0 Å². The molecule has 0 aliphatic heterocycles. The van der Waals surface area contributed by atoms with Gasteiger partial charge >= 0.3 is 0 Å². The highest BCUT2D eigenvalue weighted by molar-refractivity contribution is 6.15. The van der Waals surface area contributed by atoms with E-state index in [0.29, 0.717) is 5.82 Å². The average Bonchev–Trinajstić information content (AvgIpc) is 3.83. The average molecular weight is 855 g/mol. The first-order valence-corrected chi connectivity index (χ1v) is 22.7. The van der Waals surface area contributed by atoms with Crippen LogP contribution in [0, 0.1) is 0 Å². The highest BCUT2D eigenvalue weighted by Crippen LogP contribution is 2.46. The van der Waals surface area contributed by atoms with Gasteiger partial charge in [-0.2, -0.15) is 5.10 Å². The van der Waals surface area contributed by atoms with E-state index in [2.05, 4.69) is 241 Å². The number of nitrogens with zero attached hydrogens (tertiary/aromatic N) is 4. The molecule has 0 aliphatic rings. The number of hydrogen-bond acceptors (Lipinski definition) is 3. The number of hydrogen-bond donors (Lipinski definition) is 0. The second-order valence-electron chi connectivity index (χ2n) is 16.8. The van der Waals surface area contributed by atoms with Gasteiger partial charge in [0.1, 0.15) is 5.69 Å². The van der Waals surface area contributed by atoms with Crippen molar-refractivity contribution in [3.8, 4) is 101 Å². The van der Waals surface area contributed by atoms with Crippen LogP contribution in [-0.2, 0) is 0 Å². The smallest absolute Gasteiger partial charge is 0.160 e. The maximum Gasteiger partial charge on any atom is 0.160 e. The second-order valence-corrected chi connectivity index (χ2v) is 16.8. The molecule has 0 saturated heterocycles. The predicted molar refractivity (Wildman–Crippen MR) is 277 cm³/mol. The summed E-state index contributed by atoms with van der Waals surface area (Å²) in [5.74, 6) is 0.667. The van der Waals surface area contributed by atoms with E-state index in [-0.39, 0.29) is 0 Å². The van der Waals surface area contributed by atoms with Gasteiger partial charge in [0, 0.05) is 44.3 Å². The summed E-state index contributed by atoms with van der Waals surface area (Å²) in [4.78, 5) is 10.7. The van der Waals surface area contributed by atoms with Gasteiger partial charge in [-0.3, -0.25) is 0 Å². The molecule has 314 valence electrons. The van der Waals surface area contributed by atoms with Gasteiger partial charge in [0.15, 0.2) is 5.82 Å². The third-order valence-corrected chi connectivity index (χ3v) is 12.6. The maximum atomic E-state index is 5.60. The van der Waals surface area contributed by atoms with Crippen LogP contribution in [-0.4, -0.2) is 19.6 Å². The molecular weight excluding hydrogens is 813 g/mol. The Morgan fingerprint density at radius 2 is 0.687 bits per heavy atom. The third-order valence-electron chi connectivity index (χ3n) is 12.6. The van der Waals surface area contributed by atoms with Crippen molar-refractivity contribution in [2.75, 3.05) is 0 Å². The van der Waals surface area contributed by atoms with Crippen molar-refractivity contribution in [3.05, 3.63) is 255 Å². The molecule has 0 N–H and O–H groups in total. The fourth-order valence-corrected chi connectivity index (χ4v) is 9.46. The highest BCUT2D eigenvalue weighted by atomic mass is 15.2. The van der Waals surface area contributed by atoms with E-state index in [1.54, 1.807) is 0 Å². The van der Waals surface area contributed by atoms with E-state index in [1.807, 2.05) is 18.2 Å². The topological polar surface area (TPSA) is 43.1 Å². The molecule has 67 heavy (non-hydrogen) atoms. The van der Waals surface area contributed by atoms with Crippen molar-refractivity contribution in [1.82, 2.24) is 19.6 Å². The van der Waals surface area contributed by atoms with Crippen molar-refractivity contribution in [2.45, 2.75) is 0 Å². The summed E-state index contributed by atoms with van der Waals surface area (Å²) in [6.07, 6.45) is 0. The largest absolute Gasteiger partial charge is 0.231 e. The van der Waals surface area contributed by atoms with Gasteiger partial charge in [-0.05, 0) is 69.1 Å². The summed E-state index contributed by atoms with van der Waals surface area (Å²) >= 11 is 0. The SMILES string of the molecule is c1ccc(-c2cc(-c3ccccc3)cc(-c3cc(-c4cccc(-c5c(-c6ccccc6)n6nc(-c7ccccc7)c(-c7ccccc7)c6c6ccccc56)c4)nc(-c4ccccc4)n3)c2)cc1. The van der Waals surface area contributed by atoms with Crippen LogP contribution in [0.3, 0.4) is 0 Å². The highest BCUT2D eigenvalue weighted by Gasteiger charge is 2.25. The minimum absolute atomic E-state index is 0.667. The molecule has 0 aliphatic carbocycles. The van der Waals surface area contributed by atoms with Gasteiger partial charge in [-0.15, -0.1) is 0 Å². The van der Waals surface area contributed by atoms with E-state index in [1.165, 1.54) is 0 Å². The molecule has 0 atom stereocenters.